The molecule has 0 amide bonds. The van der Waals surface area contributed by atoms with Crippen LogP contribution in [0.3, 0.4) is 0 Å². The molecule has 0 unspecified atom stereocenters. The van der Waals surface area contributed by atoms with Crippen LogP contribution in [-0.4, -0.2) is 0 Å². The molecule has 1 aromatic carbocycles. The van der Waals surface area contributed by atoms with Gasteiger partial charge in [-0.25, -0.2) is 0 Å². The number of alkyl halides is 6. The summed E-state index contributed by atoms with van der Waals surface area (Å²) in [5, 5.41) is 5.32. The Balaban J connectivity index is -0.000000284. The summed E-state index contributed by atoms with van der Waals surface area (Å²) in [6.07, 6.45) is 0. The van der Waals surface area contributed by atoms with Gasteiger partial charge in [-0.05, 0) is 33.4 Å². The monoisotopic (exact) mass is 766 g/mol. The van der Waals surface area contributed by atoms with E-state index in [1.54, 1.807) is 0 Å². The zero-order valence-electron chi connectivity index (χ0n) is 12.6. The van der Waals surface area contributed by atoms with E-state index in [-0.39, 0.29) is 17.4 Å². The summed E-state index contributed by atoms with van der Waals surface area (Å²) in [6, 6.07) is 0. The van der Waals surface area contributed by atoms with Crippen molar-refractivity contribution in [3.63, 3.8) is 0 Å². The average Bonchev–Trinajstić information content (AvgIpc) is 2.69. The second-order valence-corrected chi connectivity index (χ2v) is 7.04. The van der Waals surface area contributed by atoms with Crippen molar-refractivity contribution in [2.24, 2.45) is 0 Å². The summed E-state index contributed by atoms with van der Waals surface area (Å²) in [4.78, 5) is 0. The largest absolute Gasteiger partial charge is 0 e. The first-order chi connectivity index (χ1) is 11.7. The van der Waals surface area contributed by atoms with Crippen LogP contribution >= 0.6 is 95.6 Å². The molecule has 0 aliphatic rings. The summed E-state index contributed by atoms with van der Waals surface area (Å²) in [6.45, 7) is 13.5. The van der Waals surface area contributed by atoms with Crippen molar-refractivity contribution >= 4 is 95.6 Å². The van der Waals surface area contributed by atoms with Crippen LogP contribution in [0, 0.1) is 20.0 Å². The molecule has 0 fully saturated rings. The summed E-state index contributed by atoms with van der Waals surface area (Å²) >= 11 is 21.8. The normalized spacial score (nSPS) is 8.16. The van der Waals surface area contributed by atoms with Gasteiger partial charge in [0, 0.05) is 49.3 Å². The molecule has 0 atom stereocenters. The zero-order valence-corrected chi connectivity index (χ0v) is 23.4. The summed E-state index contributed by atoms with van der Waals surface area (Å²) < 4.78 is 22.5. The van der Waals surface area contributed by atoms with Crippen molar-refractivity contribution in [2.75, 3.05) is 0 Å². The van der Waals surface area contributed by atoms with Crippen molar-refractivity contribution in [1.29, 1.82) is 0 Å². The Morgan fingerprint density at radius 3 is 0.520 bits per heavy atom. The molecule has 0 aromatic heterocycles. The first-order valence-electron chi connectivity index (χ1n) is 5.84. The van der Waals surface area contributed by atoms with Gasteiger partial charge in [-0.1, -0.05) is 95.6 Å². The Bertz CT molecular complexity index is 412. The van der Waals surface area contributed by atoms with Crippen LogP contribution in [-0.2, 0) is 63.3 Å². The van der Waals surface area contributed by atoms with Gasteiger partial charge >= 0.3 is 33.9 Å². The van der Waals surface area contributed by atoms with Crippen molar-refractivity contribution < 1.29 is 31.3 Å². The van der Waals surface area contributed by atoms with Gasteiger partial charge in [-0.3, -0.25) is 0 Å². The number of hydrogen-bond donors (Lipinski definition) is 0. The maximum Gasteiger partial charge on any atom is 0 e. The quantitative estimate of drug-likeness (QED) is 0.171. The predicted molar refractivity (Wildman–Crippen MR) is 114 cm³/mol. The Kier molecular flexibility index (Phi) is 32.8. The smallest absolute Gasteiger partial charge is 0 e. The van der Waals surface area contributed by atoms with Crippen LogP contribution in [0.25, 0.3) is 0 Å². The van der Waals surface area contributed by atoms with Gasteiger partial charge in [0.25, 0.3) is 0 Å². The molecule has 0 aliphatic carbocycles. The van der Waals surface area contributed by atoms with Crippen LogP contribution in [0.15, 0.2) is 0 Å². The van der Waals surface area contributed by atoms with Crippen LogP contribution in [0.2, 0.25) is 0 Å². The molecule has 3 nitrogen and oxygen atoms in total. The minimum absolute atomic E-state index is 0. The third kappa shape index (κ3) is 10.3. The Morgan fingerprint density at radius 1 is 0.400 bits per heavy atom. The standard InChI is InChI=1S/C12H12Br6.3CO.Cr/c13-1-7-8(2-14)10(4-16)12(6-18)11(5-17)9(7)3-15;3*1-2;/h1-6H2;;;;. The molecule has 0 spiro atoms. The third-order valence-corrected chi connectivity index (χ3v) is 6.35. The zero-order chi connectivity index (χ0) is 19.7. The fourth-order valence-electron chi connectivity index (χ4n) is 2.06. The van der Waals surface area contributed by atoms with Crippen molar-refractivity contribution in [2.45, 2.75) is 32.0 Å². The van der Waals surface area contributed by atoms with Gasteiger partial charge in [0.05, 0.1) is 0 Å². The first kappa shape index (κ1) is 34.4. The van der Waals surface area contributed by atoms with Crippen molar-refractivity contribution in [1.82, 2.24) is 0 Å². The molecule has 1 aromatic rings. The molecule has 0 aliphatic heterocycles. The maximum atomic E-state index is 7.50. The molecule has 1 rings (SSSR count). The first-order valence-corrected chi connectivity index (χ1v) is 12.6. The van der Waals surface area contributed by atoms with Crippen molar-refractivity contribution in [3.8, 4) is 0 Å². The van der Waals surface area contributed by atoms with E-state index in [9.17, 15) is 0 Å². The topological polar surface area (TPSA) is 59.7 Å². The van der Waals surface area contributed by atoms with Gasteiger partial charge in [-0.2, -0.15) is 0 Å². The second kappa shape index (κ2) is 23.9. The van der Waals surface area contributed by atoms with Crippen LogP contribution < -0.4 is 0 Å². The molecule has 10 heteroatoms. The van der Waals surface area contributed by atoms with Gasteiger partial charge in [0.2, 0.25) is 0 Å². The third-order valence-electron chi connectivity index (χ3n) is 2.99. The van der Waals surface area contributed by atoms with E-state index < -0.39 is 0 Å². The molecular formula is C15H12Br6CrO3. The molecule has 0 saturated carbocycles. The van der Waals surface area contributed by atoms with E-state index in [0.717, 1.165) is 32.0 Å². The van der Waals surface area contributed by atoms with E-state index in [2.05, 4.69) is 116 Å². The molecular weight excluding hydrogens is 760 g/mol. The summed E-state index contributed by atoms with van der Waals surface area (Å²) in [5.41, 5.74) is 8.40. The maximum absolute atomic E-state index is 7.50. The Morgan fingerprint density at radius 2 is 0.480 bits per heavy atom. The number of benzene rings is 1. The number of rotatable bonds is 6. The van der Waals surface area contributed by atoms with E-state index >= 15 is 0 Å². The van der Waals surface area contributed by atoms with Crippen LogP contribution in [0.5, 0.6) is 0 Å². The number of halogens is 6. The van der Waals surface area contributed by atoms with E-state index in [1.165, 1.54) is 33.4 Å². The molecule has 0 heterocycles. The summed E-state index contributed by atoms with van der Waals surface area (Å²) in [5.74, 6) is 0. The summed E-state index contributed by atoms with van der Waals surface area (Å²) in [7, 11) is 0. The Hall–Kier alpha value is 1.85. The molecule has 0 N–H and O–H groups in total. The van der Waals surface area contributed by atoms with Gasteiger partial charge in [0.1, 0.15) is 0 Å². The average molecular weight is 772 g/mol. The fraction of sp³-hybridized carbons (Fsp3) is 0.400. The second-order valence-electron chi connectivity index (χ2n) is 3.67. The molecule has 0 bridgehead atoms. The molecule has 138 valence electrons. The van der Waals surface area contributed by atoms with Gasteiger partial charge < -0.3 is 0 Å². The SMILES string of the molecule is BrCc1c(CBr)c(CBr)c(CBr)c(CBr)c1CBr.[C-]#[O+].[C-]#[O+].[C-]#[O+].[Cr]. The minimum Gasteiger partial charge on any atom is 0 e. The fourth-order valence-corrected chi connectivity index (χ4v) is 6.12. The van der Waals surface area contributed by atoms with E-state index in [0.29, 0.717) is 0 Å². The molecule has 0 radical (unpaired) electrons. The minimum atomic E-state index is 0. The van der Waals surface area contributed by atoms with E-state index in [4.69, 9.17) is 14.0 Å². The van der Waals surface area contributed by atoms with Crippen LogP contribution in [0.1, 0.15) is 33.4 Å². The Labute approximate surface area is 209 Å². The van der Waals surface area contributed by atoms with Gasteiger partial charge in [-0.15, -0.1) is 0 Å². The number of hydrogen-bond acceptors (Lipinski definition) is 0. The van der Waals surface area contributed by atoms with Gasteiger partial charge in [0.15, 0.2) is 0 Å². The molecule has 0 saturated heterocycles. The van der Waals surface area contributed by atoms with E-state index in [1.807, 2.05) is 0 Å². The predicted octanol–water partition coefficient (Wildman–Crippen LogP) is 6.94. The van der Waals surface area contributed by atoms with Crippen molar-refractivity contribution in [3.05, 3.63) is 53.3 Å². The molecule has 25 heavy (non-hydrogen) atoms. The van der Waals surface area contributed by atoms with Crippen LogP contribution in [0.4, 0.5) is 0 Å².